The maximum atomic E-state index is 13.1. The van der Waals surface area contributed by atoms with E-state index in [1.54, 1.807) is 36.1 Å². The van der Waals surface area contributed by atoms with E-state index in [2.05, 4.69) is 20.9 Å². The van der Waals surface area contributed by atoms with Crippen LogP contribution in [0.3, 0.4) is 0 Å². The zero-order valence-electron chi connectivity index (χ0n) is 9.98. The molecule has 19 heavy (non-hydrogen) atoms. The predicted molar refractivity (Wildman–Crippen MR) is 79.3 cm³/mol. The Hall–Kier alpha value is -1.46. The smallest absolute Gasteiger partial charge is 0.143 e. The van der Waals surface area contributed by atoms with Crippen molar-refractivity contribution in [3.63, 3.8) is 0 Å². The molecule has 2 nitrogen and oxygen atoms in total. The maximum absolute atomic E-state index is 13.1. The minimum absolute atomic E-state index is 0.257. The van der Waals surface area contributed by atoms with Gasteiger partial charge in [0.25, 0.3) is 0 Å². The van der Waals surface area contributed by atoms with Gasteiger partial charge in [-0.25, -0.2) is 9.37 Å². The number of methoxy groups -OCH3 is 1. The van der Waals surface area contributed by atoms with Gasteiger partial charge in [-0.1, -0.05) is 12.1 Å². The molecule has 3 aromatic rings. The van der Waals surface area contributed by atoms with Gasteiger partial charge in [-0.3, -0.25) is 0 Å². The summed E-state index contributed by atoms with van der Waals surface area (Å²) >= 11 is 5.07. The van der Waals surface area contributed by atoms with Crippen LogP contribution in [0.4, 0.5) is 4.39 Å². The summed E-state index contributed by atoms with van der Waals surface area (Å²) < 4.78 is 20.5. The Balaban J connectivity index is 2.36. The molecule has 5 heteroatoms. The number of fused-ring (bicyclic) bond motifs is 1. The van der Waals surface area contributed by atoms with E-state index in [-0.39, 0.29) is 5.82 Å². The first kappa shape index (κ1) is 12.6. The average Bonchev–Trinajstić information content (AvgIpc) is 2.86. The quantitative estimate of drug-likeness (QED) is 0.665. The van der Waals surface area contributed by atoms with Gasteiger partial charge in [-0.05, 0) is 39.7 Å². The second-order valence-corrected chi connectivity index (χ2v) is 5.71. The van der Waals surface area contributed by atoms with Gasteiger partial charge in [0.2, 0.25) is 0 Å². The summed E-state index contributed by atoms with van der Waals surface area (Å²) in [6.07, 6.45) is 0. The fourth-order valence-corrected chi connectivity index (χ4v) is 3.50. The molecule has 0 amide bonds. The Bertz CT molecular complexity index is 739. The van der Waals surface area contributed by atoms with Crippen LogP contribution in [0.25, 0.3) is 21.3 Å². The van der Waals surface area contributed by atoms with Crippen LogP contribution in [0.2, 0.25) is 0 Å². The number of hydrogen-bond acceptors (Lipinski definition) is 3. The molecule has 0 aliphatic heterocycles. The summed E-state index contributed by atoms with van der Waals surface area (Å²) in [4.78, 5) is 4.39. The molecule has 0 N–H and O–H groups in total. The highest BCUT2D eigenvalue weighted by Gasteiger charge is 2.16. The lowest BCUT2D eigenvalue weighted by molar-refractivity contribution is 0.414. The molecule has 0 unspecified atom stereocenters. The van der Waals surface area contributed by atoms with Gasteiger partial charge in [0.15, 0.2) is 0 Å². The molecule has 3 rings (SSSR count). The Kier molecular flexibility index (Phi) is 3.24. The minimum atomic E-state index is -0.257. The van der Waals surface area contributed by atoms with Crippen LogP contribution >= 0.6 is 27.3 Å². The zero-order valence-corrected chi connectivity index (χ0v) is 12.4. The molecule has 96 valence electrons. The number of ether oxygens (including phenoxy) is 1. The second kappa shape index (κ2) is 4.90. The van der Waals surface area contributed by atoms with Crippen molar-refractivity contribution in [2.45, 2.75) is 0 Å². The lowest BCUT2D eigenvalue weighted by atomic mass is 10.0. The number of thiazole rings is 1. The molecule has 0 radical (unpaired) electrons. The Morgan fingerprint density at radius 2 is 2.00 bits per heavy atom. The molecule has 0 bridgehead atoms. The zero-order chi connectivity index (χ0) is 13.4. The van der Waals surface area contributed by atoms with Crippen LogP contribution < -0.4 is 4.74 Å². The number of aromatic nitrogens is 1. The van der Waals surface area contributed by atoms with Crippen molar-refractivity contribution in [1.29, 1.82) is 0 Å². The van der Waals surface area contributed by atoms with E-state index in [9.17, 15) is 4.39 Å². The average molecular weight is 338 g/mol. The molecule has 1 aromatic heterocycles. The van der Waals surface area contributed by atoms with Crippen molar-refractivity contribution in [1.82, 2.24) is 4.98 Å². The number of benzene rings is 2. The Morgan fingerprint density at radius 3 is 2.68 bits per heavy atom. The summed E-state index contributed by atoms with van der Waals surface area (Å²) in [6, 6.07) is 8.33. The predicted octanol–water partition coefficient (Wildman–Crippen LogP) is 4.87. The summed E-state index contributed by atoms with van der Waals surface area (Å²) in [7, 11) is 1.62. The molecule has 0 spiro atoms. The second-order valence-electron chi connectivity index (χ2n) is 3.97. The lowest BCUT2D eigenvalue weighted by Crippen LogP contribution is -1.91. The van der Waals surface area contributed by atoms with Gasteiger partial charge in [0, 0.05) is 0 Å². The van der Waals surface area contributed by atoms with Crippen molar-refractivity contribution in [3.8, 4) is 16.9 Å². The van der Waals surface area contributed by atoms with E-state index in [4.69, 9.17) is 4.74 Å². The van der Waals surface area contributed by atoms with E-state index in [1.807, 2.05) is 6.07 Å². The normalized spacial score (nSPS) is 10.9. The molecular weight excluding hydrogens is 329 g/mol. The third kappa shape index (κ3) is 2.13. The summed E-state index contributed by atoms with van der Waals surface area (Å²) in [6.45, 7) is 0. The molecule has 0 saturated carbocycles. The first-order chi connectivity index (χ1) is 9.20. The van der Waals surface area contributed by atoms with Crippen LogP contribution in [0.5, 0.6) is 5.75 Å². The molecule has 0 aliphatic carbocycles. The molecule has 2 aromatic carbocycles. The third-order valence-corrected chi connectivity index (χ3v) is 4.24. The number of hydrogen-bond donors (Lipinski definition) is 0. The summed E-state index contributed by atoms with van der Waals surface area (Å²) in [5.74, 6) is 0.456. The van der Waals surface area contributed by atoms with Crippen LogP contribution in [0, 0.1) is 5.82 Å². The number of halogens is 2. The first-order valence-corrected chi connectivity index (χ1v) is 7.23. The fourth-order valence-electron chi connectivity index (χ4n) is 2.04. The largest absolute Gasteiger partial charge is 0.495 e. The minimum Gasteiger partial charge on any atom is -0.495 e. The van der Waals surface area contributed by atoms with E-state index < -0.39 is 0 Å². The van der Waals surface area contributed by atoms with E-state index in [0.717, 1.165) is 25.8 Å². The van der Waals surface area contributed by atoms with Crippen LogP contribution in [0.1, 0.15) is 0 Å². The Labute approximate surface area is 122 Å². The highest BCUT2D eigenvalue weighted by molar-refractivity contribution is 9.10. The molecular formula is C14H9BrFNOS. The van der Waals surface area contributed by atoms with E-state index >= 15 is 0 Å². The van der Waals surface area contributed by atoms with Crippen molar-refractivity contribution in [3.05, 3.63) is 46.1 Å². The lowest BCUT2D eigenvalue weighted by Gasteiger charge is -2.11. The number of nitrogens with zero attached hydrogens (tertiary/aromatic N) is 1. The first-order valence-electron chi connectivity index (χ1n) is 5.56. The standard InChI is InChI=1S/C14H9BrFNOS/c1-18-14-10(15)6-11-13(17-7-19-11)12(14)8-2-4-9(16)5-3-8/h2-7H,1H3. The summed E-state index contributed by atoms with van der Waals surface area (Å²) in [5, 5.41) is 0. The highest BCUT2D eigenvalue weighted by Crippen LogP contribution is 2.42. The molecule has 1 heterocycles. The topological polar surface area (TPSA) is 22.1 Å². The molecule has 0 fully saturated rings. The van der Waals surface area contributed by atoms with Crippen molar-refractivity contribution in [2.24, 2.45) is 0 Å². The van der Waals surface area contributed by atoms with E-state index in [1.165, 1.54) is 12.1 Å². The van der Waals surface area contributed by atoms with Crippen LogP contribution in [-0.2, 0) is 0 Å². The Morgan fingerprint density at radius 1 is 1.26 bits per heavy atom. The van der Waals surface area contributed by atoms with Crippen LogP contribution in [0.15, 0.2) is 40.3 Å². The SMILES string of the molecule is COc1c(Br)cc2scnc2c1-c1ccc(F)cc1. The van der Waals surface area contributed by atoms with Crippen molar-refractivity contribution in [2.75, 3.05) is 7.11 Å². The van der Waals surface area contributed by atoms with Crippen LogP contribution in [-0.4, -0.2) is 12.1 Å². The molecule has 0 aliphatic rings. The maximum Gasteiger partial charge on any atom is 0.143 e. The third-order valence-electron chi connectivity index (χ3n) is 2.87. The van der Waals surface area contributed by atoms with Gasteiger partial charge < -0.3 is 4.74 Å². The van der Waals surface area contributed by atoms with Crippen molar-refractivity contribution < 1.29 is 9.13 Å². The summed E-state index contributed by atoms with van der Waals surface area (Å²) in [5.41, 5.74) is 4.43. The van der Waals surface area contributed by atoms with Gasteiger partial charge in [0.05, 0.1) is 32.9 Å². The van der Waals surface area contributed by atoms with E-state index in [0.29, 0.717) is 5.75 Å². The van der Waals surface area contributed by atoms with Gasteiger partial charge in [-0.15, -0.1) is 11.3 Å². The van der Waals surface area contributed by atoms with Gasteiger partial charge >= 0.3 is 0 Å². The monoisotopic (exact) mass is 337 g/mol. The number of rotatable bonds is 2. The van der Waals surface area contributed by atoms with Crippen molar-refractivity contribution >= 4 is 37.5 Å². The molecule has 0 atom stereocenters. The fraction of sp³-hybridized carbons (Fsp3) is 0.0714. The molecule has 0 saturated heterocycles. The van der Waals surface area contributed by atoms with Gasteiger partial charge in [0.1, 0.15) is 11.6 Å². The van der Waals surface area contributed by atoms with Gasteiger partial charge in [-0.2, -0.15) is 0 Å². The highest BCUT2D eigenvalue weighted by atomic mass is 79.9.